The average molecular weight is 258 g/mol. The molecule has 1 fully saturated rings. The van der Waals surface area contributed by atoms with Crippen LogP contribution in [0.2, 0.25) is 0 Å². The molecule has 1 aliphatic carbocycles. The van der Waals surface area contributed by atoms with E-state index in [9.17, 15) is 4.79 Å². The fraction of sp³-hybridized carbons (Fsp3) is 0.308. The quantitative estimate of drug-likeness (QED) is 0.880. The van der Waals surface area contributed by atoms with Crippen LogP contribution in [0.4, 0.5) is 17.3 Å². The lowest BCUT2D eigenvalue weighted by Gasteiger charge is -2.05. The number of nitrogens with one attached hydrogen (secondary N) is 2. The largest absolute Gasteiger partial charge is 0.360 e. The molecule has 98 valence electrons. The smallest absolute Gasteiger partial charge is 0.227 e. The molecule has 1 amide bonds. The first kappa shape index (κ1) is 11.7. The van der Waals surface area contributed by atoms with Gasteiger partial charge in [0.15, 0.2) is 5.82 Å². The Kier molecular flexibility index (Phi) is 2.91. The van der Waals surface area contributed by atoms with Crippen LogP contribution < -0.4 is 10.6 Å². The van der Waals surface area contributed by atoms with E-state index in [0.717, 1.165) is 18.6 Å². The summed E-state index contributed by atoms with van der Waals surface area (Å²) in [6.07, 6.45) is 3.60. The number of pyridine rings is 1. The van der Waals surface area contributed by atoms with Gasteiger partial charge in [0.05, 0.1) is 11.9 Å². The van der Waals surface area contributed by atoms with Gasteiger partial charge in [-0.2, -0.15) is 0 Å². The van der Waals surface area contributed by atoms with Gasteiger partial charge < -0.3 is 15.2 Å². The van der Waals surface area contributed by atoms with Crippen LogP contribution in [0.1, 0.15) is 18.6 Å². The molecule has 0 saturated heterocycles. The Labute approximate surface area is 110 Å². The molecule has 6 nitrogen and oxygen atoms in total. The van der Waals surface area contributed by atoms with Crippen molar-refractivity contribution in [1.82, 2.24) is 10.1 Å². The van der Waals surface area contributed by atoms with Crippen molar-refractivity contribution in [1.29, 1.82) is 0 Å². The van der Waals surface area contributed by atoms with E-state index in [4.69, 9.17) is 4.52 Å². The highest BCUT2D eigenvalue weighted by Gasteiger charge is 2.29. The zero-order valence-corrected chi connectivity index (χ0v) is 10.5. The van der Waals surface area contributed by atoms with Gasteiger partial charge in [-0.15, -0.1) is 0 Å². The minimum Gasteiger partial charge on any atom is -0.360 e. The molecule has 2 aromatic heterocycles. The Morgan fingerprint density at radius 3 is 2.79 bits per heavy atom. The van der Waals surface area contributed by atoms with Crippen molar-refractivity contribution in [2.75, 3.05) is 10.6 Å². The van der Waals surface area contributed by atoms with Gasteiger partial charge in [0.25, 0.3) is 0 Å². The summed E-state index contributed by atoms with van der Waals surface area (Å²) in [4.78, 5) is 15.8. The first-order valence-corrected chi connectivity index (χ1v) is 6.18. The standard InChI is InChI=1S/C13H14N4O2/c1-8-6-12(17-19-8)16-11-5-4-10(7-14-11)15-13(18)9-2-3-9/h4-7,9H,2-3H2,1H3,(H,15,18)(H,14,16,17). The SMILES string of the molecule is Cc1cc(Nc2ccc(NC(=O)C3CC3)cn2)no1. The van der Waals surface area contributed by atoms with Crippen LogP contribution in [0.5, 0.6) is 0 Å². The number of carbonyl (C=O) groups excluding carboxylic acids is 1. The first-order chi connectivity index (χ1) is 9.20. The van der Waals surface area contributed by atoms with Crippen LogP contribution in [0.15, 0.2) is 28.9 Å². The molecule has 1 aliphatic rings. The summed E-state index contributed by atoms with van der Waals surface area (Å²) in [5, 5.41) is 9.66. The number of hydrogen-bond acceptors (Lipinski definition) is 5. The molecule has 0 aromatic carbocycles. The lowest BCUT2D eigenvalue weighted by atomic mass is 10.3. The van der Waals surface area contributed by atoms with Crippen LogP contribution in [-0.2, 0) is 4.79 Å². The molecule has 0 atom stereocenters. The zero-order valence-electron chi connectivity index (χ0n) is 10.5. The van der Waals surface area contributed by atoms with Crippen molar-refractivity contribution < 1.29 is 9.32 Å². The molecule has 0 radical (unpaired) electrons. The Balaban J connectivity index is 1.63. The van der Waals surface area contributed by atoms with Gasteiger partial charge in [-0.1, -0.05) is 5.16 Å². The third-order valence-corrected chi connectivity index (χ3v) is 2.86. The number of carbonyl (C=O) groups is 1. The number of aromatic nitrogens is 2. The van der Waals surface area contributed by atoms with Crippen LogP contribution in [0, 0.1) is 12.8 Å². The number of aryl methyl sites for hydroxylation is 1. The van der Waals surface area contributed by atoms with Crippen LogP contribution in [0.25, 0.3) is 0 Å². The molecule has 0 spiro atoms. The molecular formula is C13H14N4O2. The second-order valence-corrected chi connectivity index (χ2v) is 4.64. The Morgan fingerprint density at radius 1 is 1.37 bits per heavy atom. The van der Waals surface area contributed by atoms with Crippen LogP contribution >= 0.6 is 0 Å². The highest BCUT2D eigenvalue weighted by Crippen LogP contribution is 2.30. The molecule has 2 N–H and O–H groups in total. The lowest BCUT2D eigenvalue weighted by Crippen LogP contribution is -2.13. The normalized spacial score (nSPS) is 14.2. The van der Waals surface area contributed by atoms with E-state index in [-0.39, 0.29) is 11.8 Å². The highest BCUT2D eigenvalue weighted by atomic mass is 16.5. The summed E-state index contributed by atoms with van der Waals surface area (Å²) < 4.78 is 4.95. The first-order valence-electron chi connectivity index (χ1n) is 6.18. The van der Waals surface area contributed by atoms with Crippen molar-refractivity contribution in [2.45, 2.75) is 19.8 Å². The van der Waals surface area contributed by atoms with E-state index in [0.29, 0.717) is 17.3 Å². The topological polar surface area (TPSA) is 80.0 Å². The molecular weight excluding hydrogens is 244 g/mol. The van der Waals surface area contributed by atoms with E-state index in [1.807, 2.05) is 13.0 Å². The molecule has 19 heavy (non-hydrogen) atoms. The maximum absolute atomic E-state index is 11.6. The predicted octanol–water partition coefficient (Wildman–Crippen LogP) is 2.47. The van der Waals surface area contributed by atoms with E-state index in [2.05, 4.69) is 20.8 Å². The number of anilines is 3. The number of amides is 1. The summed E-state index contributed by atoms with van der Waals surface area (Å²) in [6, 6.07) is 5.37. The van der Waals surface area contributed by atoms with Gasteiger partial charge in [-0.3, -0.25) is 4.79 Å². The minimum atomic E-state index is 0.0784. The molecule has 3 rings (SSSR count). The average Bonchev–Trinajstić information content (AvgIpc) is 3.17. The minimum absolute atomic E-state index is 0.0784. The second kappa shape index (κ2) is 4.72. The highest BCUT2D eigenvalue weighted by molar-refractivity contribution is 5.93. The fourth-order valence-electron chi connectivity index (χ4n) is 1.69. The van der Waals surface area contributed by atoms with E-state index < -0.39 is 0 Å². The van der Waals surface area contributed by atoms with Gasteiger partial charge >= 0.3 is 0 Å². The molecule has 2 aromatic rings. The van der Waals surface area contributed by atoms with Crippen LogP contribution in [0.3, 0.4) is 0 Å². The third kappa shape index (κ3) is 2.90. The molecule has 0 aliphatic heterocycles. The van der Waals surface area contributed by atoms with E-state index in [1.165, 1.54) is 0 Å². The molecule has 2 heterocycles. The summed E-state index contributed by atoms with van der Waals surface area (Å²) in [5.74, 6) is 2.26. The van der Waals surface area contributed by atoms with Crippen molar-refractivity contribution in [2.24, 2.45) is 5.92 Å². The maximum atomic E-state index is 11.6. The van der Waals surface area contributed by atoms with Gasteiger partial charge in [0.2, 0.25) is 5.91 Å². The number of rotatable bonds is 4. The molecule has 0 unspecified atom stereocenters. The summed E-state index contributed by atoms with van der Waals surface area (Å²) >= 11 is 0. The van der Waals surface area contributed by atoms with Gasteiger partial charge in [0, 0.05) is 12.0 Å². The molecule has 0 bridgehead atoms. The van der Waals surface area contributed by atoms with Crippen molar-refractivity contribution in [3.63, 3.8) is 0 Å². The summed E-state index contributed by atoms with van der Waals surface area (Å²) in [5.41, 5.74) is 0.707. The third-order valence-electron chi connectivity index (χ3n) is 2.86. The van der Waals surface area contributed by atoms with E-state index in [1.54, 1.807) is 18.3 Å². The summed E-state index contributed by atoms with van der Waals surface area (Å²) in [6.45, 7) is 1.82. The number of nitrogens with zero attached hydrogens (tertiary/aromatic N) is 2. The molecule has 6 heteroatoms. The number of hydrogen-bond donors (Lipinski definition) is 2. The fourth-order valence-corrected chi connectivity index (χ4v) is 1.69. The Morgan fingerprint density at radius 2 is 2.21 bits per heavy atom. The van der Waals surface area contributed by atoms with Gasteiger partial charge in [-0.05, 0) is 31.9 Å². The Hall–Kier alpha value is -2.37. The summed E-state index contributed by atoms with van der Waals surface area (Å²) in [7, 11) is 0. The lowest BCUT2D eigenvalue weighted by molar-refractivity contribution is -0.117. The van der Waals surface area contributed by atoms with Crippen molar-refractivity contribution in [3.8, 4) is 0 Å². The predicted molar refractivity (Wildman–Crippen MR) is 70.1 cm³/mol. The second-order valence-electron chi connectivity index (χ2n) is 4.64. The monoisotopic (exact) mass is 258 g/mol. The van der Waals surface area contributed by atoms with Gasteiger partial charge in [0.1, 0.15) is 11.6 Å². The Bertz CT molecular complexity index is 587. The van der Waals surface area contributed by atoms with E-state index >= 15 is 0 Å². The van der Waals surface area contributed by atoms with Crippen molar-refractivity contribution in [3.05, 3.63) is 30.2 Å². The van der Waals surface area contributed by atoms with Gasteiger partial charge in [-0.25, -0.2) is 4.98 Å². The zero-order chi connectivity index (χ0) is 13.2. The van der Waals surface area contributed by atoms with Crippen LogP contribution in [-0.4, -0.2) is 16.0 Å². The van der Waals surface area contributed by atoms with Crippen molar-refractivity contribution >= 4 is 23.2 Å². The maximum Gasteiger partial charge on any atom is 0.227 e. The molecule has 1 saturated carbocycles.